The minimum absolute atomic E-state index is 0. The van der Waals surface area contributed by atoms with Gasteiger partial charge in [0.15, 0.2) is 0 Å². The third-order valence-corrected chi connectivity index (χ3v) is 2.38. The second-order valence-corrected chi connectivity index (χ2v) is 5.49. The van der Waals surface area contributed by atoms with E-state index in [1.165, 1.54) is 0 Å². The lowest BCUT2D eigenvalue weighted by molar-refractivity contribution is -0.00000569. The van der Waals surface area contributed by atoms with Crippen LogP contribution < -0.4 is 22.5 Å². The summed E-state index contributed by atoms with van der Waals surface area (Å²) in [7, 11) is 0. The molecule has 3 nitrogen and oxygen atoms in total. The molecule has 2 N–H and O–H groups in total. The van der Waals surface area contributed by atoms with E-state index in [1.807, 2.05) is 0 Å². The summed E-state index contributed by atoms with van der Waals surface area (Å²) < 4.78 is 5.44. The van der Waals surface area contributed by atoms with E-state index in [4.69, 9.17) is 16.3 Å². The Labute approximate surface area is 120 Å². The Morgan fingerprint density at radius 3 is 2.33 bits per heavy atom. The highest BCUT2D eigenvalue weighted by Gasteiger charge is 2.12. The molecule has 0 amide bonds. The highest BCUT2D eigenvalue weighted by atomic mass is 35.5. The van der Waals surface area contributed by atoms with Gasteiger partial charge in [-0.1, -0.05) is 11.6 Å². The van der Waals surface area contributed by atoms with Crippen molar-refractivity contribution >= 4 is 11.6 Å². The Bertz CT molecular complexity index is 336. The van der Waals surface area contributed by atoms with Crippen LogP contribution in [0.25, 0.3) is 0 Å². The van der Waals surface area contributed by atoms with Crippen molar-refractivity contribution in [1.82, 2.24) is 5.32 Å². The van der Waals surface area contributed by atoms with Gasteiger partial charge < -0.3 is 27.6 Å². The quantitative estimate of drug-likeness (QED) is 0.767. The third kappa shape index (κ3) is 7.77. The number of hydrogen-bond acceptors (Lipinski definition) is 3. The van der Waals surface area contributed by atoms with Crippen molar-refractivity contribution in [2.75, 3.05) is 13.2 Å². The first-order valence-corrected chi connectivity index (χ1v) is 6.06. The summed E-state index contributed by atoms with van der Waals surface area (Å²) in [6.07, 6.45) is -0.523. The maximum atomic E-state index is 9.71. The fraction of sp³-hybridized carbons (Fsp3) is 0.538. The fourth-order valence-corrected chi connectivity index (χ4v) is 1.33. The smallest absolute Gasteiger partial charge is 0.119 e. The van der Waals surface area contributed by atoms with Crippen molar-refractivity contribution in [3.8, 4) is 5.75 Å². The standard InChI is InChI=1S/C13H20ClNO2.ClH/c1-13(2,3)15-8-11(16)9-17-12-6-4-10(14)5-7-12;/h4-7,11,15-16H,8-9H2,1-3H3;1H/p-1. The van der Waals surface area contributed by atoms with E-state index in [0.717, 1.165) is 0 Å². The van der Waals surface area contributed by atoms with Gasteiger partial charge in [-0.15, -0.1) is 0 Å². The van der Waals surface area contributed by atoms with Gasteiger partial charge in [0.25, 0.3) is 0 Å². The van der Waals surface area contributed by atoms with Crippen LogP contribution in [0.2, 0.25) is 5.02 Å². The molecular formula is C13H20Cl2NO2-. The number of hydrogen-bond donors (Lipinski definition) is 2. The third-order valence-electron chi connectivity index (χ3n) is 2.12. The molecule has 0 aliphatic carbocycles. The molecule has 0 saturated heterocycles. The summed E-state index contributed by atoms with van der Waals surface area (Å²) in [6, 6.07) is 7.09. The number of ether oxygens (including phenoxy) is 1. The van der Waals surface area contributed by atoms with Crippen molar-refractivity contribution in [1.29, 1.82) is 0 Å². The predicted molar refractivity (Wildman–Crippen MR) is 70.7 cm³/mol. The topological polar surface area (TPSA) is 41.5 Å². The molecule has 1 aromatic rings. The second-order valence-electron chi connectivity index (χ2n) is 5.05. The number of aliphatic hydroxyl groups is 1. The van der Waals surface area contributed by atoms with Crippen molar-refractivity contribution in [2.45, 2.75) is 32.4 Å². The Hall–Kier alpha value is -0.480. The molecule has 0 fully saturated rings. The van der Waals surface area contributed by atoms with Crippen LogP contribution in [0.5, 0.6) is 5.75 Å². The van der Waals surface area contributed by atoms with Gasteiger partial charge in [0, 0.05) is 17.1 Å². The van der Waals surface area contributed by atoms with Crippen LogP contribution >= 0.6 is 11.6 Å². The lowest BCUT2D eigenvalue weighted by atomic mass is 10.1. The predicted octanol–water partition coefficient (Wildman–Crippen LogP) is -0.528. The van der Waals surface area contributed by atoms with Gasteiger partial charge >= 0.3 is 0 Å². The van der Waals surface area contributed by atoms with E-state index >= 15 is 0 Å². The average molecular weight is 293 g/mol. The highest BCUT2D eigenvalue weighted by Crippen LogP contribution is 2.15. The van der Waals surface area contributed by atoms with E-state index in [1.54, 1.807) is 24.3 Å². The van der Waals surface area contributed by atoms with Gasteiger partial charge in [0.1, 0.15) is 18.5 Å². The minimum atomic E-state index is -0.523. The number of aliphatic hydroxyl groups excluding tert-OH is 1. The molecule has 0 saturated carbocycles. The number of rotatable bonds is 5. The van der Waals surface area contributed by atoms with E-state index in [0.29, 0.717) is 17.3 Å². The van der Waals surface area contributed by atoms with Crippen LogP contribution in [0.3, 0.4) is 0 Å². The van der Waals surface area contributed by atoms with Crippen LogP contribution in [0.1, 0.15) is 20.8 Å². The highest BCUT2D eigenvalue weighted by molar-refractivity contribution is 6.30. The number of nitrogens with one attached hydrogen (secondary N) is 1. The van der Waals surface area contributed by atoms with Gasteiger partial charge in [0.05, 0.1) is 0 Å². The minimum Gasteiger partial charge on any atom is -1.00 e. The Morgan fingerprint density at radius 1 is 1.28 bits per heavy atom. The molecule has 0 bridgehead atoms. The molecule has 104 valence electrons. The van der Waals surface area contributed by atoms with E-state index in [2.05, 4.69) is 26.1 Å². The molecule has 5 heteroatoms. The number of benzene rings is 1. The zero-order valence-corrected chi connectivity index (χ0v) is 12.4. The molecule has 0 aliphatic rings. The van der Waals surface area contributed by atoms with Crippen molar-refractivity contribution in [3.63, 3.8) is 0 Å². The first kappa shape index (κ1) is 17.5. The van der Waals surface area contributed by atoms with E-state index in [-0.39, 0.29) is 24.6 Å². The molecule has 18 heavy (non-hydrogen) atoms. The first-order chi connectivity index (χ1) is 7.87. The zero-order valence-electron chi connectivity index (χ0n) is 10.9. The molecular weight excluding hydrogens is 273 g/mol. The average Bonchev–Trinajstić information content (AvgIpc) is 2.25. The van der Waals surface area contributed by atoms with Crippen LogP contribution in [-0.2, 0) is 0 Å². The maximum Gasteiger partial charge on any atom is 0.119 e. The lowest BCUT2D eigenvalue weighted by Crippen LogP contribution is -3.00. The lowest BCUT2D eigenvalue weighted by Gasteiger charge is -2.22. The summed E-state index contributed by atoms with van der Waals surface area (Å²) in [6.45, 7) is 6.95. The zero-order chi connectivity index (χ0) is 12.9. The molecule has 0 aromatic heterocycles. The summed E-state index contributed by atoms with van der Waals surface area (Å²) in [5.41, 5.74) is 0.00124. The Balaban J connectivity index is 0.00000289. The molecule has 0 spiro atoms. The molecule has 0 radical (unpaired) electrons. The molecule has 0 aliphatic heterocycles. The Kier molecular flexibility index (Phi) is 7.64. The fourth-order valence-electron chi connectivity index (χ4n) is 1.21. The summed E-state index contributed by atoms with van der Waals surface area (Å²) in [5, 5.41) is 13.6. The van der Waals surface area contributed by atoms with Gasteiger partial charge in [-0.05, 0) is 45.0 Å². The normalized spacial score (nSPS) is 12.7. The molecule has 1 aromatic carbocycles. The molecule has 1 atom stereocenters. The first-order valence-electron chi connectivity index (χ1n) is 5.68. The molecule has 1 rings (SSSR count). The van der Waals surface area contributed by atoms with Gasteiger partial charge in [-0.2, -0.15) is 0 Å². The van der Waals surface area contributed by atoms with Crippen molar-refractivity contribution in [3.05, 3.63) is 29.3 Å². The summed E-state index contributed by atoms with van der Waals surface area (Å²) >= 11 is 5.76. The van der Waals surface area contributed by atoms with E-state index in [9.17, 15) is 5.11 Å². The molecule has 0 heterocycles. The monoisotopic (exact) mass is 292 g/mol. The number of halogens is 2. The maximum absolute atomic E-state index is 9.71. The van der Waals surface area contributed by atoms with Gasteiger partial charge in [-0.25, -0.2) is 0 Å². The van der Waals surface area contributed by atoms with Crippen LogP contribution in [0, 0.1) is 0 Å². The van der Waals surface area contributed by atoms with Crippen LogP contribution in [0.4, 0.5) is 0 Å². The SMILES string of the molecule is CC(C)(C)NCC(O)COc1ccc(Cl)cc1.[Cl-]. The van der Waals surface area contributed by atoms with Gasteiger partial charge in [0.2, 0.25) is 0 Å². The van der Waals surface area contributed by atoms with Crippen LogP contribution in [0.15, 0.2) is 24.3 Å². The van der Waals surface area contributed by atoms with Crippen LogP contribution in [-0.4, -0.2) is 29.9 Å². The van der Waals surface area contributed by atoms with Crippen molar-refractivity contribution in [2.24, 2.45) is 0 Å². The number of β-amino-alcohol motifs (C(OH)–C–C–N with tert-alkyl or cyclic N) is 1. The van der Waals surface area contributed by atoms with E-state index < -0.39 is 6.10 Å². The Morgan fingerprint density at radius 2 is 1.83 bits per heavy atom. The summed E-state index contributed by atoms with van der Waals surface area (Å²) in [5.74, 6) is 0.712. The van der Waals surface area contributed by atoms with Crippen molar-refractivity contribution < 1.29 is 22.3 Å². The van der Waals surface area contributed by atoms with Gasteiger partial charge in [-0.3, -0.25) is 0 Å². The second kappa shape index (κ2) is 7.85. The summed E-state index contributed by atoms with van der Waals surface area (Å²) in [4.78, 5) is 0. The largest absolute Gasteiger partial charge is 1.00 e. The molecule has 1 unspecified atom stereocenters.